The Bertz CT molecular complexity index is 221. The van der Waals surface area contributed by atoms with Gasteiger partial charge in [0.15, 0.2) is 0 Å². The zero-order chi connectivity index (χ0) is 13.5. The fraction of sp³-hybridized carbons (Fsp3) is 0.929. The Morgan fingerprint density at radius 3 is 2.29 bits per heavy atom. The van der Waals surface area contributed by atoms with Gasteiger partial charge in [-0.3, -0.25) is 4.79 Å². The lowest BCUT2D eigenvalue weighted by Gasteiger charge is -2.27. The third-order valence-corrected chi connectivity index (χ3v) is 3.09. The molecule has 0 rings (SSSR count). The van der Waals surface area contributed by atoms with Crippen molar-refractivity contribution in [2.24, 2.45) is 11.1 Å². The standard InChI is InChI=1S/C14H30N2O/c1-6-7-8-9-10-11(2)16-13(17)12(15)14(3,4)5/h11-12H,6-10,15H2,1-5H3,(H,16,17)/t11?,12-/m0/s1. The molecule has 3 nitrogen and oxygen atoms in total. The van der Waals surface area contributed by atoms with Gasteiger partial charge in [-0.2, -0.15) is 0 Å². The van der Waals surface area contributed by atoms with E-state index in [1.54, 1.807) is 0 Å². The van der Waals surface area contributed by atoms with E-state index in [0.717, 1.165) is 6.42 Å². The average molecular weight is 242 g/mol. The molecule has 1 amide bonds. The maximum absolute atomic E-state index is 11.9. The number of unbranched alkanes of at least 4 members (excludes halogenated alkanes) is 3. The Morgan fingerprint density at radius 2 is 1.82 bits per heavy atom. The third-order valence-electron chi connectivity index (χ3n) is 3.09. The second-order valence-electron chi connectivity index (χ2n) is 6.10. The molecule has 1 unspecified atom stereocenters. The molecule has 3 N–H and O–H groups in total. The summed E-state index contributed by atoms with van der Waals surface area (Å²) in [5.74, 6) is -0.0273. The van der Waals surface area contributed by atoms with Crippen molar-refractivity contribution in [3.63, 3.8) is 0 Å². The second kappa shape index (κ2) is 7.70. The molecule has 0 fully saturated rings. The molecule has 0 heterocycles. The number of amides is 1. The second-order valence-corrected chi connectivity index (χ2v) is 6.10. The number of carbonyl (C=O) groups is 1. The van der Waals surface area contributed by atoms with E-state index in [-0.39, 0.29) is 17.4 Å². The van der Waals surface area contributed by atoms with Crippen molar-refractivity contribution in [2.75, 3.05) is 0 Å². The summed E-state index contributed by atoms with van der Waals surface area (Å²) >= 11 is 0. The molecule has 0 aromatic carbocycles. The Kier molecular flexibility index (Phi) is 7.44. The van der Waals surface area contributed by atoms with Crippen molar-refractivity contribution in [1.82, 2.24) is 5.32 Å². The summed E-state index contributed by atoms with van der Waals surface area (Å²) in [6.07, 6.45) is 6.00. The van der Waals surface area contributed by atoms with Crippen molar-refractivity contribution >= 4 is 5.91 Å². The van der Waals surface area contributed by atoms with Gasteiger partial charge >= 0.3 is 0 Å². The van der Waals surface area contributed by atoms with Gasteiger partial charge in [0.2, 0.25) is 5.91 Å². The van der Waals surface area contributed by atoms with E-state index < -0.39 is 6.04 Å². The third kappa shape index (κ3) is 7.37. The Morgan fingerprint density at radius 1 is 1.24 bits per heavy atom. The molecule has 0 radical (unpaired) electrons. The van der Waals surface area contributed by atoms with Gasteiger partial charge in [-0.1, -0.05) is 53.4 Å². The highest BCUT2D eigenvalue weighted by Gasteiger charge is 2.27. The minimum Gasteiger partial charge on any atom is -0.352 e. The Labute approximate surface area is 107 Å². The van der Waals surface area contributed by atoms with E-state index in [1.165, 1.54) is 25.7 Å². The van der Waals surface area contributed by atoms with Gasteiger partial charge in [-0.15, -0.1) is 0 Å². The smallest absolute Gasteiger partial charge is 0.237 e. The molecule has 0 saturated heterocycles. The molecule has 2 atom stereocenters. The van der Waals surface area contributed by atoms with Crippen molar-refractivity contribution in [1.29, 1.82) is 0 Å². The van der Waals surface area contributed by atoms with Crippen molar-refractivity contribution in [3.8, 4) is 0 Å². The van der Waals surface area contributed by atoms with E-state index in [4.69, 9.17) is 5.73 Å². The first-order chi connectivity index (χ1) is 7.79. The lowest BCUT2D eigenvalue weighted by molar-refractivity contribution is -0.125. The largest absolute Gasteiger partial charge is 0.352 e. The molecule has 102 valence electrons. The first-order valence-electron chi connectivity index (χ1n) is 6.85. The van der Waals surface area contributed by atoms with E-state index in [2.05, 4.69) is 19.2 Å². The molecule has 0 aliphatic heterocycles. The van der Waals surface area contributed by atoms with E-state index in [1.807, 2.05) is 20.8 Å². The zero-order valence-corrected chi connectivity index (χ0v) is 12.2. The van der Waals surface area contributed by atoms with Crippen LogP contribution in [0.5, 0.6) is 0 Å². The average Bonchev–Trinajstić information content (AvgIpc) is 2.22. The van der Waals surface area contributed by atoms with E-state index in [9.17, 15) is 4.79 Å². The van der Waals surface area contributed by atoms with Crippen LogP contribution in [0.1, 0.15) is 66.7 Å². The van der Waals surface area contributed by atoms with E-state index in [0.29, 0.717) is 0 Å². The number of nitrogens with one attached hydrogen (secondary N) is 1. The maximum Gasteiger partial charge on any atom is 0.237 e. The summed E-state index contributed by atoms with van der Waals surface area (Å²) in [6.45, 7) is 10.2. The van der Waals surface area contributed by atoms with Gasteiger partial charge in [0.05, 0.1) is 6.04 Å². The summed E-state index contributed by atoms with van der Waals surface area (Å²) in [6, 6.07) is -0.201. The minimum atomic E-state index is -0.430. The number of carbonyl (C=O) groups excluding carboxylic acids is 1. The number of hydrogen-bond donors (Lipinski definition) is 2. The highest BCUT2D eigenvalue weighted by atomic mass is 16.2. The molecule has 3 heteroatoms. The summed E-state index contributed by atoms with van der Waals surface area (Å²) in [7, 11) is 0. The molecule has 0 aliphatic carbocycles. The van der Waals surface area contributed by atoms with Crippen molar-refractivity contribution in [2.45, 2.75) is 78.8 Å². The van der Waals surface area contributed by atoms with Crippen LogP contribution in [-0.2, 0) is 4.79 Å². The fourth-order valence-electron chi connectivity index (χ4n) is 1.68. The predicted molar refractivity (Wildman–Crippen MR) is 73.8 cm³/mol. The van der Waals surface area contributed by atoms with Crippen LogP contribution in [-0.4, -0.2) is 18.0 Å². The normalized spacial score (nSPS) is 15.4. The quantitative estimate of drug-likeness (QED) is 0.674. The lowest BCUT2D eigenvalue weighted by atomic mass is 9.87. The predicted octanol–water partition coefficient (Wildman–Crippen LogP) is 2.83. The first-order valence-corrected chi connectivity index (χ1v) is 6.85. The fourth-order valence-corrected chi connectivity index (χ4v) is 1.68. The summed E-state index contributed by atoms with van der Waals surface area (Å²) in [5, 5.41) is 3.00. The van der Waals surface area contributed by atoms with Crippen molar-refractivity contribution < 1.29 is 4.79 Å². The van der Waals surface area contributed by atoms with E-state index >= 15 is 0 Å². The van der Waals surface area contributed by atoms with Gasteiger partial charge in [0.1, 0.15) is 0 Å². The lowest BCUT2D eigenvalue weighted by Crippen LogP contribution is -2.50. The van der Waals surface area contributed by atoms with Gasteiger partial charge in [0.25, 0.3) is 0 Å². The molecule has 0 aromatic rings. The SMILES string of the molecule is CCCCCCC(C)NC(=O)[C@H](N)C(C)(C)C. The molecular formula is C14H30N2O. The van der Waals surface area contributed by atoms with Crippen molar-refractivity contribution in [3.05, 3.63) is 0 Å². The number of rotatable bonds is 7. The van der Waals surface area contributed by atoms with Crippen LogP contribution in [0.3, 0.4) is 0 Å². The first kappa shape index (κ1) is 16.4. The zero-order valence-electron chi connectivity index (χ0n) is 12.2. The maximum atomic E-state index is 11.9. The van der Waals surface area contributed by atoms with Crippen LogP contribution in [0.2, 0.25) is 0 Å². The number of hydrogen-bond acceptors (Lipinski definition) is 2. The van der Waals surface area contributed by atoms with Crippen LogP contribution >= 0.6 is 0 Å². The van der Waals surface area contributed by atoms with Gasteiger partial charge in [-0.25, -0.2) is 0 Å². The molecule has 0 bridgehead atoms. The van der Waals surface area contributed by atoms with Crippen LogP contribution in [0.15, 0.2) is 0 Å². The van der Waals surface area contributed by atoms with Gasteiger partial charge < -0.3 is 11.1 Å². The highest BCUT2D eigenvalue weighted by Crippen LogP contribution is 2.17. The number of nitrogens with two attached hydrogens (primary N) is 1. The Balaban J connectivity index is 3.88. The molecule has 0 spiro atoms. The van der Waals surface area contributed by atoms with Crippen LogP contribution < -0.4 is 11.1 Å². The minimum absolute atomic E-state index is 0.0273. The van der Waals surface area contributed by atoms with Gasteiger partial charge in [-0.05, 0) is 18.8 Å². The monoisotopic (exact) mass is 242 g/mol. The molecule has 0 saturated carbocycles. The molecule has 17 heavy (non-hydrogen) atoms. The molecular weight excluding hydrogens is 212 g/mol. The summed E-state index contributed by atoms with van der Waals surface area (Å²) < 4.78 is 0. The summed E-state index contributed by atoms with van der Waals surface area (Å²) in [5.41, 5.74) is 5.73. The Hall–Kier alpha value is -0.570. The van der Waals surface area contributed by atoms with Crippen LogP contribution in [0.4, 0.5) is 0 Å². The topological polar surface area (TPSA) is 55.1 Å². The highest BCUT2D eigenvalue weighted by molar-refractivity contribution is 5.82. The molecule has 0 aliphatic rings. The van der Waals surface area contributed by atoms with Crippen LogP contribution in [0.25, 0.3) is 0 Å². The summed E-state index contributed by atoms with van der Waals surface area (Å²) in [4.78, 5) is 11.9. The molecule has 0 aromatic heterocycles. The van der Waals surface area contributed by atoms with Gasteiger partial charge in [0, 0.05) is 6.04 Å². The van der Waals surface area contributed by atoms with Crippen LogP contribution in [0, 0.1) is 5.41 Å².